The number of amides is 3. The number of rotatable bonds is 11. The number of carbonyl (C=O) groups is 3. The van der Waals surface area contributed by atoms with E-state index in [-0.39, 0.29) is 30.7 Å². The summed E-state index contributed by atoms with van der Waals surface area (Å²) in [5, 5.41) is 11.9. The fourth-order valence-corrected chi connectivity index (χ4v) is 3.72. The predicted molar refractivity (Wildman–Crippen MR) is 133 cm³/mol. The summed E-state index contributed by atoms with van der Waals surface area (Å²) in [6.07, 6.45) is 0.0813. The number of hydrogen-bond acceptors (Lipinski definition) is 6. The zero-order valence-electron chi connectivity index (χ0n) is 19.1. The summed E-state index contributed by atoms with van der Waals surface area (Å²) in [7, 11) is 0. The molecule has 3 aromatic rings. The van der Waals surface area contributed by atoms with Crippen LogP contribution in [0.4, 0.5) is 11.4 Å². The maximum Gasteiger partial charge on any atom is 0.255 e. The summed E-state index contributed by atoms with van der Waals surface area (Å²) in [5.41, 5.74) is 1.92. The average molecular weight is 482 g/mol. The van der Waals surface area contributed by atoms with Gasteiger partial charge in [-0.3, -0.25) is 14.4 Å². The van der Waals surface area contributed by atoms with Crippen molar-refractivity contribution >= 4 is 40.4 Å². The fraction of sp³-hybridized carbons (Fsp3) is 0.240. The van der Waals surface area contributed by atoms with Gasteiger partial charge in [0.2, 0.25) is 5.91 Å². The topological polar surface area (TPSA) is 106 Å². The number of carbonyl (C=O) groups excluding carboxylic acids is 3. The molecule has 1 heterocycles. The number of anilines is 2. The fourth-order valence-electron chi connectivity index (χ4n) is 3.09. The van der Waals surface area contributed by atoms with Gasteiger partial charge >= 0.3 is 0 Å². The second kappa shape index (κ2) is 12.4. The third-order valence-corrected chi connectivity index (χ3v) is 5.34. The quantitative estimate of drug-likeness (QED) is 0.372. The number of nitrogens with one attached hydrogen (secondary N) is 3. The van der Waals surface area contributed by atoms with Crippen molar-refractivity contribution in [2.45, 2.75) is 20.3 Å². The molecule has 0 atom stereocenters. The maximum absolute atomic E-state index is 12.6. The first-order valence-corrected chi connectivity index (χ1v) is 11.9. The van der Waals surface area contributed by atoms with Crippen LogP contribution in [-0.4, -0.2) is 37.5 Å². The summed E-state index contributed by atoms with van der Waals surface area (Å²) in [6.45, 7) is 4.57. The summed E-state index contributed by atoms with van der Waals surface area (Å²) in [4.78, 5) is 37.2. The van der Waals surface area contributed by atoms with E-state index in [1.54, 1.807) is 47.8 Å². The van der Waals surface area contributed by atoms with Crippen molar-refractivity contribution in [1.29, 1.82) is 0 Å². The largest absolute Gasteiger partial charge is 0.492 e. The zero-order chi connectivity index (χ0) is 24.3. The Labute approximate surface area is 202 Å². The lowest BCUT2D eigenvalue weighted by Gasteiger charge is -2.18. The van der Waals surface area contributed by atoms with Gasteiger partial charge in [0, 0.05) is 41.6 Å². The van der Waals surface area contributed by atoms with Crippen molar-refractivity contribution in [2.24, 2.45) is 0 Å². The number of thiophene rings is 1. The molecule has 0 saturated heterocycles. The first-order valence-electron chi connectivity index (χ1n) is 10.9. The molecule has 0 spiro atoms. The third kappa shape index (κ3) is 6.82. The van der Waals surface area contributed by atoms with Crippen LogP contribution >= 0.6 is 11.3 Å². The molecule has 0 aliphatic carbocycles. The van der Waals surface area contributed by atoms with E-state index in [2.05, 4.69) is 16.0 Å². The highest BCUT2D eigenvalue weighted by molar-refractivity contribution is 7.08. The van der Waals surface area contributed by atoms with Crippen LogP contribution in [0.15, 0.2) is 59.3 Å². The van der Waals surface area contributed by atoms with Crippen molar-refractivity contribution < 1.29 is 23.9 Å². The Bertz CT molecular complexity index is 1120. The Balaban J connectivity index is 1.71. The SMILES string of the molecule is CCOc1cc(NC(=O)c2ccccc2)c(OCC)cc1NC(=O)CCNC(=O)c1ccsc1. The lowest BCUT2D eigenvalue weighted by atomic mass is 10.2. The molecule has 2 aromatic carbocycles. The van der Waals surface area contributed by atoms with Crippen molar-refractivity contribution in [3.8, 4) is 11.5 Å². The molecule has 0 radical (unpaired) electrons. The minimum absolute atomic E-state index is 0.0813. The monoisotopic (exact) mass is 481 g/mol. The molecule has 178 valence electrons. The molecule has 3 rings (SSSR count). The van der Waals surface area contributed by atoms with Crippen molar-refractivity contribution in [3.63, 3.8) is 0 Å². The van der Waals surface area contributed by atoms with Gasteiger partial charge in [-0.05, 0) is 37.4 Å². The van der Waals surface area contributed by atoms with Gasteiger partial charge in [-0.1, -0.05) is 18.2 Å². The van der Waals surface area contributed by atoms with E-state index in [0.717, 1.165) is 0 Å². The van der Waals surface area contributed by atoms with E-state index in [4.69, 9.17) is 9.47 Å². The molecular weight excluding hydrogens is 454 g/mol. The summed E-state index contributed by atoms with van der Waals surface area (Å²) < 4.78 is 11.4. The summed E-state index contributed by atoms with van der Waals surface area (Å²) in [6, 6.07) is 13.8. The molecule has 0 unspecified atom stereocenters. The van der Waals surface area contributed by atoms with E-state index >= 15 is 0 Å². The van der Waals surface area contributed by atoms with Crippen LogP contribution in [0.1, 0.15) is 41.0 Å². The first-order chi connectivity index (χ1) is 16.5. The van der Waals surface area contributed by atoms with Crippen LogP contribution < -0.4 is 25.4 Å². The third-order valence-electron chi connectivity index (χ3n) is 4.66. The number of benzene rings is 2. The lowest BCUT2D eigenvalue weighted by molar-refractivity contribution is -0.116. The van der Waals surface area contributed by atoms with E-state index in [1.807, 2.05) is 25.3 Å². The Hall–Kier alpha value is -3.85. The summed E-state index contributed by atoms with van der Waals surface area (Å²) in [5.74, 6) is -0.0142. The maximum atomic E-state index is 12.6. The highest BCUT2D eigenvalue weighted by Gasteiger charge is 2.17. The first kappa shape index (κ1) is 24.8. The second-order valence-corrected chi connectivity index (χ2v) is 7.88. The second-order valence-electron chi connectivity index (χ2n) is 7.10. The lowest BCUT2D eigenvalue weighted by Crippen LogP contribution is -2.27. The molecule has 9 heteroatoms. The smallest absolute Gasteiger partial charge is 0.255 e. The van der Waals surface area contributed by atoms with Gasteiger partial charge in [0.15, 0.2) is 0 Å². The van der Waals surface area contributed by atoms with Crippen molar-refractivity contribution in [2.75, 3.05) is 30.4 Å². The van der Waals surface area contributed by atoms with E-state index < -0.39 is 0 Å². The average Bonchev–Trinajstić information content (AvgIpc) is 3.37. The minimum atomic E-state index is -0.296. The Morgan fingerprint density at radius 3 is 2.06 bits per heavy atom. The molecule has 0 aliphatic heterocycles. The van der Waals surface area contributed by atoms with Crippen LogP contribution in [-0.2, 0) is 4.79 Å². The van der Waals surface area contributed by atoms with Gasteiger partial charge in [-0.2, -0.15) is 11.3 Å². The van der Waals surface area contributed by atoms with Gasteiger partial charge in [0.05, 0.1) is 24.6 Å². The minimum Gasteiger partial charge on any atom is -0.492 e. The van der Waals surface area contributed by atoms with Crippen molar-refractivity contribution in [3.05, 3.63) is 70.4 Å². The van der Waals surface area contributed by atoms with Gasteiger partial charge < -0.3 is 25.4 Å². The van der Waals surface area contributed by atoms with Crippen LogP contribution in [0.25, 0.3) is 0 Å². The molecule has 3 amide bonds. The van der Waals surface area contributed by atoms with Gasteiger partial charge in [-0.25, -0.2) is 0 Å². The van der Waals surface area contributed by atoms with Crippen molar-refractivity contribution in [1.82, 2.24) is 5.32 Å². The normalized spacial score (nSPS) is 10.3. The van der Waals surface area contributed by atoms with Crippen LogP contribution in [0.2, 0.25) is 0 Å². The number of hydrogen-bond donors (Lipinski definition) is 3. The standard InChI is InChI=1S/C25H27N3O5S/c1-3-32-21-15-20(28-25(31)17-8-6-5-7-9-17)22(33-4-2)14-19(21)27-23(29)10-12-26-24(30)18-11-13-34-16-18/h5-9,11,13-16H,3-4,10,12H2,1-2H3,(H,26,30)(H,27,29)(H,28,31). The van der Waals surface area contributed by atoms with Crippen LogP contribution in [0.3, 0.4) is 0 Å². The van der Waals surface area contributed by atoms with Gasteiger partial charge in [0.1, 0.15) is 11.5 Å². The highest BCUT2D eigenvalue weighted by atomic mass is 32.1. The van der Waals surface area contributed by atoms with Gasteiger partial charge in [0.25, 0.3) is 11.8 Å². The molecule has 8 nitrogen and oxygen atoms in total. The Morgan fingerprint density at radius 2 is 1.47 bits per heavy atom. The molecular formula is C25H27N3O5S. The zero-order valence-corrected chi connectivity index (χ0v) is 19.9. The van der Waals surface area contributed by atoms with Crippen LogP contribution in [0.5, 0.6) is 11.5 Å². The molecule has 34 heavy (non-hydrogen) atoms. The Kier molecular flexibility index (Phi) is 9.04. The molecule has 1 aromatic heterocycles. The molecule has 0 aliphatic rings. The summed E-state index contributed by atoms with van der Waals surface area (Å²) >= 11 is 1.43. The molecule has 3 N–H and O–H groups in total. The molecule has 0 bridgehead atoms. The van der Waals surface area contributed by atoms with E-state index in [9.17, 15) is 14.4 Å². The van der Waals surface area contributed by atoms with Gasteiger partial charge in [-0.15, -0.1) is 0 Å². The Morgan fingerprint density at radius 1 is 0.824 bits per heavy atom. The highest BCUT2D eigenvalue weighted by Crippen LogP contribution is 2.37. The molecule has 0 saturated carbocycles. The van der Waals surface area contributed by atoms with Crippen LogP contribution in [0, 0.1) is 0 Å². The molecule has 0 fully saturated rings. The number of ether oxygens (including phenoxy) is 2. The van der Waals surface area contributed by atoms with E-state index in [0.29, 0.717) is 47.2 Å². The predicted octanol–water partition coefficient (Wildman–Crippen LogP) is 4.56. The van der Waals surface area contributed by atoms with E-state index in [1.165, 1.54) is 11.3 Å².